The lowest BCUT2D eigenvalue weighted by Gasteiger charge is -2.14. The minimum Gasteiger partial charge on any atom is -0.351 e. The van der Waals surface area contributed by atoms with Gasteiger partial charge in [0, 0.05) is 17.2 Å². The van der Waals surface area contributed by atoms with Gasteiger partial charge in [-0.05, 0) is 36.8 Å². The van der Waals surface area contributed by atoms with Crippen LogP contribution in [0.15, 0.2) is 17.0 Å². The van der Waals surface area contributed by atoms with Gasteiger partial charge in [0.1, 0.15) is 10.7 Å². The van der Waals surface area contributed by atoms with Crippen LogP contribution in [0.1, 0.15) is 36.5 Å². The number of carbonyl (C=O) groups is 1. The van der Waals surface area contributed by atoms with Crippen LogP contribution in [0.4, 0.5) is 4.39 Å². The summed E-state index contributed by atoms with van der Waals surface area (Å²) in [5.41, 5.74) is 0.0213. The predicted octanol–water partition coefficient (Wildman–Crippen LogP) is 3.33. The van der Waals surface area contributed by atoms with E-state index in [9.17, 15) is 17.6 Å². The molecule has 1 fully saturated rings. The average molecular weight is 354 g/mol. The normalized spacial score (nSPS) is 16.6. The molecule has 0 bridgehead atoms. The summed E-state index contributed by atoms with van der Waals surface area (Å²) in [6.07, 6.45) is 3.04. The van der Waals surface area contributed by atoms with Gasteiger partial charge in [0.15, 0.2) is 0 Å². The zero-order valence-electron chi connectivity index (χ0n) is 11.3. The Morgan fingerprint density at radius 2 is 2.05 bits per heavy atom. The van der Waals surface area contributed by atoms with Crippen molar-refractivity contribution < 1.29 is 17.6 Å². The molecule has 1 aromatic rings. The van der Waals surface area contributed by atoms with E-state index in [-0.39, 0.29) is 16.0 Å². The topological polar surface area (TPSA) is 63.2 Å². The first-order chi connectivity index (χ1) is 9.68. The lowest BCUT2D eigenvalue weighted by molar-refractivity contribution is 0.0944. The number of benzene rings is 1. The van der Waals surface area contributed by atoms with Gasteiger partial charge in [-0.25, -0.2) is 12.8 Å². The Hall–Kier alpha value is -0.850. The van der Waals surface area contributed by atoms with Gasteiger partial charge in [0.05, 0.1) is 10.6 Å². The highest BCUT2D eigenvalue weighted by Gasteiger charge is 2.40. The second-order valence-corrected chi connectivity index (χ2v) is 8.18. The van der Waals surface area contributed by atoms with Crippen molar-refractivity contribution >= 4 is 37.2 Å². The molecule has 4 nitrogen and oxygen atoms in total. The van der Waals surface area contributed by atoms with Crippen molar-refractivity contribution in [2.45, 2.75) is 31.1 Å². The van der Waals surface area contributed by atoms with Gasteiger partial charge in [-0.15, -0.1) is 0 Å². The first-order valence-electron chi connectivity index (χ1n) is 6.40. The van der Waals surface area contributed by atoms with E-state index in [1.54, 1.807) is 0 Å². The summed E-state index contributed by atoms with van der Waals surface area (Å²) in [4.78, 5) is 11.3. The Kier molecular flexibility index (Phi) is 4.52. The van der Waals surface area contributed by atoms with E-state index in [0.29, 0.717) is 6.54 Å². The van der Waals surface area contributed by atoms with Crippen LogP contribution < -0.4 is 5.32 Å². The quantitative estimate of drug-likeness (QED) is 0.825. The Labute approximate surface area is 132 Å². The van der Waals surface area contributed by atoms with Crippen LogP contribution in [-0.2, 0) is 9.05 Å². The van der Waals surface area contributed by atoms with E-state index >= 15 is 0 Å². The number of rotatable bonds is 5. The Morgan fingerprint density at radius 3 is 2.52 bits per heavy atom. The van der Waals surface area contributed by atoms with E-state index in [1.165, 1.54) is 0 Å². The minimum absolute atomic E-state index is 0.107. The largest absolute Gasteiger partial charge is 0.351 e. The third-order valence-electron chi connectivity index (χ3n) is 3.86. The molecule has 0 saturated heterocycles. The first-order valence-corrected chi connectivity index (χ1v) is 9.09. The molecule has 0 aliphatic heterocycles. The molecule has 0 atom stereocenters. The second-order valence-electron chi connectivity index (χ2n) is 5.24. The maximum absolute atomic E-state index is 13.5. The highest BCUT2D eigenvalue weighted by atomic mass is 35.7. The Balaban J connectivity index is 2.24. The molecule has 0 radical (unpaired) electrons. The fourth-order valence-electron chi connectivity index (χ4n) is 2.09. The van der Waals surface area contributed by atoms with Crippen LogP contribution in [0.2, 0.25) is 5.02 Å². The summed E-state index contributed by atoms with van der Waals surface area (Å²) in [6.45, 7) is 2.53. The average Bonchev–Trinajstić information content (AvgIpc) is 3.15. The molecule has 0 aromatic heterocycles. The number of halogens is 3. The molecule has 0 spiro atoms. The smallest absolute Gasteiger partial charge is 0.264 e. The molecule has 0 unspecified atom stereocenters. The molecule has 2 rings (SSSR count). The van der Waals surface area contributed by atoms with Gasteiger partial charge in [-0.1, -0.05) is 18.5 Å². The van der Waals surface area contributed by atoms with Crippen LogP contribution in [-0.4, -0.2) is 20.9 Å². The molecule has 1 aliphatic carbocycles. The van der Waals surface area contributed by atoms with Crippen LogP contribution >= 0.6 is 22.3 Å². The molecular weight excluding hydrogens is 340 g/mol. The molecule has 21 heavy (non-hydrogen) atoms. The van der Waals surface area contributed by atoms with Gasteiger partial charge in [0.2, 0.25) is 0 Å². The molecule has 1 saturated carbocycles. The zero-order valence-corrected chi connectivity index (χ0v) is 13.6. The summed E-state index contributed by atoms with van der Waals surface area (Å²) in [7, 11) is 0.849. The highest BCUT2D eigenvalue weighted by Crippen LogP contribution is 2.47. The number of nitrogens with one attached hydrogen (secondary N) is 1. The third-order valence-corrected chi connectivity index (χ3v) is 5.51. The maximum atomic E-state index is 13.5. The van der Waals surface area contributed by atoms with Crippen molar-refractivity contribution in [3.8, 4) is 0 Å². The van der Waals surface area contributed by atoms with E-state index in [1.807, 2.05) is 6.92 Å². The molecule has 116 valence electrons. The van der Waals surface area contributed by atoms with Crippen LogP contribution in [0.25, 0.3) is 0 Å². The van der Waals surface area contributed by atoms with Crippen molar-refractivity contribution in [3.63, 3.8) is 0 Å². The van der Waals surface area contributed by atoms with Gasteiger partial charge in [-0.3, -0.25) is 4.79 Å². The summed E-state index contributed by atoms with van der Waals surface area (Å²) in [6, 6.07) is 1.64. The SMILES string of the molecule is CCC1(CNC(=O)c2cc(S(=O)(=O)Cl)c(F)cc2Cl)CC1. The fourth-order valence-corrected chi connectivity index (χ4v) is 3.23. The molecule has 1 amide bonds. The molecule has 1 aromatic carbocycles. The number of carbonyl (C=O) groups excluding carboxylic acids is 1. The van der Waals surface area contributed by atoms with Crippen molar-refractivity contribution in [2.24, 2.45) is 5.41 Å². The van der Waals surface area contributed by atoms with E-state index in [4.69, 9.17) is 22.3 Å². The van der Waals surface area contributed by atoms with Crippen molar-refractivity contribution in [1.29, 1.82) is 0 Å². The van der Waals surface area contributed by atoms with Gasteiger partial charge >= 0.3 is 0 Å². The monoisotopic (exact) mass is 353 g/mol. The molecular formula is C13H14Cl2FNO3S. The first kappa shape index (κ1) is 16.5. The molecule has 1 aliphatic rings. The van der Waals surface area contributed by atoms with Gasteiger partial charge in [0.25, 0.3) is 15.0 Å². The standard InChI is InChI=1S/C13H14Cl2FNO3S/c1-2-13(3-4-13)7-17-12(18)8-5-11(21(15,19)20)10(16)6-9(8)14/h5-6H,2-4,7H2,1H3,(H,17,18). The van der Waals surface area contributed by atoms with E-state index < -0.39 is 25.7 Å². The maximum Gasteiger partial charge on any atom is 0.264 e. The number of hydrogen-bond acceptors (Lipinski definition) is 3. The van der Waals surface area contributed by atoms with Crippen molar-refractivity contribution in [3.05, 3.63) is 28.5 Å². The number of amides is 1. The van der Waals surface area contributed by atoms with Crippen LogP contribution in [0.3, 0.4) is 0 Å². The summed E-state index contributed by atoms with van der Waals surface area (Å²) in [5, 5.41) is 2.55. The Morgan fingerprint density at radius 1 is 1.43 bits per heavy atom. The predicted molar refractivity (Wildman–Crippen MR) is 78.7 cm³/mol. The van der Waals surface area contributed by atoms with Crippen LogP contribution in [0, 0.1) is 11.2 Å². The second kappa shape index (κ2) is 5.74. The highest BCUT2D eigenvalue weighted by molar-refractivity contribution is 8.13. The molecule has 1 N–H and O–H groups in total. The van der Waals surface area contributed by atoms with Gasteiger partial charge in [-0.2, -0.15) is 0 Å². The zero-order chi connectivity index (χ0) is 15.8. The van der Waals surface area contributed by atoms with Crippen LogP contribution in [0.5, 0.6) is 0 Å². The summed E-state index contributed by atoms with van der Waals surface area (Å²) < 4.78 is 36.1. The van der Waals surface area contributed by atoms with Crippen molar-refractivity contribution in [1.82, 2.24) is 5.32 Å². The number of hydrogen-bond donors (Lipinski definition) is 1. The lowest BCUT2D eigenvalue weighted by atomic mass is 10.0. The minimum atomic E-state index is -4.28. The fraction of sp³-hybridized carbons (Fsp3) is 0.462. The van der Waals surface area contributed by atoms with E-state index in [0.717, 1.165) is 31.4 Å². The van der Waals surface area contributed by atoms with Crippen molar-refractivity contribution in [2.75, 3.05) is 6.54 Å². The Bertz CT molecular complexity index is 687. The van der Waals surface area contributed by atoms with Gasteiger partial charge < -0.3 is 5.32 Å². The third kappa shape index (κ3) is 3.67. The molecule has 8 heteroatoms. The van der Waals surface area contributed by atoms with E-state index in [2.05, 4.69) is 5.32 Å². The molecule has 0 heterocycles. The summed E-state index contributed by atoms with van der Waals surface area (Å²) in [5.74, 6) is -1.62. The summed E-state index contributed by atoms with van der Waals surface area (Å²) >= 11 is 5.81. The lowest BCUT2D eigenvalue weighted by Crippen LogP contribution is -2.30.